The third-order valence-electron chi connectivity index (χ3n) is 3.06. The Bertz CT molecular complexity index is 405. The second-order valence-electron chi connectivity index (χ2n) is 4.68. The lowest BCUT2D eigenvalue weighted by Crippen LogP contribution is -2.38. The Morgan fingerprint density at radius 3 is 2.94 bits per heavy atom. The molecule has 100 valence electrons. The summed E-state index contributed by atoms with van der Waals surface area (Å²) in [7, 11) is 0. The predicted octanol–water partition coefficient (Wildman–Crippen LogP) is 2.38. The van der Waals surface area contributed by atoms with Crippen molar-refractivity contribution in [2.75, 3.05) is 18.9 Å². The molecular formula is C13H19NO2S2. The van der Waals surface area contributed by atoms with Crippen LogP contribution in [0.5, 0.6) is 0 Å². The highest BCUT2D eigenvalue weighted by atomic mass is 32.2. The zero-order valence-corrected chi connectivity index (χ0v) is 12.4. The van der Waals surface area contributed by atoms with E-state index < -0.39 is 0 Å². The van der Waals surface area contributed by atoms with Gasteiger partial charge in [0.25, 0.3) is 5.91 Å². The van der Waals surface area contributed by atoms with Gasteiger partial charge in [0.2, 0.25) is 0 Å². The molecule has 0 saturated carbocycles. The maximum atomic E-state index is 12.4. The van der Waals surface area contributed by atoms with E-state index in [0.29, 0.717) is 6.54 Å². The van der Waals surface area contributed by atoms with Gasteiger partial charge in [0.1, 0.15) is 0 Å². The van der Waals surface area contributed by atoms with Crippen LogP contribution in [0.3, 0.4) is 0 Å². The summed E-state index contributed by atoms with van der Waals surface area (Å²) in [4.78, 5) is 16.3. The van der Waals surface area contributed by atoms with Gasteiger partial charge in [-0.25, -0.2) is 0 Å². The van der Waals surface area contributed by atoms with Crippen LogP contribution in [-0.2, 0) is 12.2 Å². The SMILES string of the molecule is CC(C)N(CCO)C(=O)c1cc2c(s1)CCSC2. The first-order chi connectivity index (χ1) is 8.63. The highest BCUT2D eigenvalue weighted by Crippen LogP contribution is 2.32. The molecule has 1 aliphatic rings. The second kappa shape index (κ2) is 6.08. The number of thioether (sulfide) groups is 1. The zero-order chi connectivity index (χ0) is 13.1. The number of aliphatic hydroxyl groups is 1. The predicted molar refractivity (Wildman–Crippen MR) is 77.4 cm³/mol. The van der Waals surface area contributed by atoms with Crippen LogP contribution < -0.4 is 0 Å². The van der Waals surface area contributed by atoms with E-state index in [1.165, 1.54) is 10.4 Å². The Balaban J connectivity index is 2.19. The molecule has 0 unspecified atom stereocenters. The number of fused-ring (bicyclic) bond motifs is 1. The van der Waals surface area contributed by atoms with E-state index in [4.69, 9.17) is 5.11 Å². The summed E-state index contributed by atoms with van der Waals surface area (Å²) in [6.07, 6.45) is 1.08. The molecule has 3 nitrogen and oxygen atoms in total. The van der Waals surface area contributed by atoms with Crippen molar-refractivity contribution >= 4 is 29.0 Å². The number of carbonyl (C=O) groups excluding carboxylic acids is 1. The number of hydrogen-bond donors (Lipinski definition) is 1. The second-order valence-corrected chi connectivity index (χ2v) is 6.92. The topological polar surface area (TPSA) is 40.5 Å². The maximum Gasteiger partial charge on any atom is 0.264 e. The fourth-order valence-corrected chi connectivity index (χ4v) is 4.42. The molecule has 0 spiro atoms. The van der Waals surface area contributed by atoms with Crippen molar-refractivity contribution in [2.45, 2.75) is 32.1 Å². The van der Waals surface area contributed by atoms with Gasteiger partial charge in [-0.3, -0.25) is 4.79 Å². The van der Waals surface area contributed by atoms with Crippen LogP contribution in [-0.4, -0.2) is 40.9 Å². The quantitative estimate of drug-likeness (QED) is 0.923. The lowest BCUT2D eigenvalue weighted by atomic mass is 10.2. The van der Waals surface area contributed by atoms with Crippen LogP contribution in [0.2, 0.25) is 0 Å². The average molecular weight is 285 g/mol. The van der Waals surface area contributed by atoms with Gasteiger partial charge in [-0.1, -0.05) is 0 Å². The average Bonchev–Trinajstić information content (AvgIpc) is 2.78. The van der Waals surface area contributed by atoms with Gasteiger partial charge < -0.3 is 10.0 Å². The molecule has 2 heterocycles. The smallest absolute Gasteiger partial charge is 0.264 e. The number of hydrogen-bond acceptors (Lipinski definition) is 4. The molecular weight excluding hydrogens is 266 g/mol. The molecule has 1 aliphatic heterocycles. The molecule has 0 radical (unpaired) electrons. The van der Waals surface area contributed by atoms with Crippen LogP contribution in [0, 0.1) is 0 Å². The Labute approximate surface area is 116 Å². The van der Waals surface area contributed by atoms with Crippen molar-refractivity contribution in [3.8, 4) is 0 Å². The Morgan fingerprint density at radius 1 is 1.56 bits per heavy atom. The summed E-state index contributed by atoms with van der Waals surface area (Å²) in [5.74, 6) is 2.25. The largest absolute Gasteiger partial charge is 0.395 e. The van der Waals surface area contributed by atoms with E-state index in [0.717, 1.165) is 22.8 Å². The van der Waals surface area contributed by atoms with E-state index in [2.05, 4.69) is 0 Å². The summed E-state index contributed by atoms with van der Waals surface area (Å²) in [5, 5.41) is 9.05. The number of rotatable bonds is 4. The first-order valence-electron chi connectivity index (χ1n) is 6.24. The van der Waals surface area contributed by atoms with Gasteiger partial charge in [-0.05, 0) is 37.7 Å². The van der Waals surface area contributed by atoms with E-state index in [9.17, 15) is 4.79 Å². The number of thiophene rings is 1. The fourth-order valence-electron chi connectivity index (χ4n) is 2.10. The Kier molecular flexibility index (Phi) is 4.70. The fraction of sp³-hybridized carbons (Fsp3) is 0.615. The molecule has 0 aliphatic carbocycles. The van der Waals surface area contributed by atoms with Crippen LogP contribution in [0.4, 0.5) is 0 Å². The minimum Gasteiger partial charge on any atom is -0.395 e. The van der Waals surface area contributed by atoms with Gasteiger partial charge >= 0.3 is 0 Å². The molecule has 0 fully saturated rings. The molecule has 1 aromatic heterocycles. The van der Waals surface area contributed by atoms with Crippen molar-refractivity contribution < 1.29 is 9.90 Å². The van der Waals surface area contributed by atoms with Crippen LogP contribution in [0.1, 0.15) is 34.0 Å². The summed E-state index contributed by atoms with van der Waals surface area (Å²) < 4.78 is 0. The number of aliphatic hydroxyl groups excluding tert-OH is 1. The van der Waals surface area contributed by atoms with Crippen LogP contribution in [0.25, 0.3) is 0 Å². The van der Waals surface area contributed by atoms with Crippen molar-refractivity contribution in [3.63, 3.8) is 0 Å². The molecule has 0 saturated heterocycles. The summed E-state index contributed by atoms with van der Waals surface area (Å²) in [6, 6.07) is 2.17. The standard InChI is InChI=1S/C13H19NO2S2/c1-9(2)14(4-5-15)13(16)12-7-10-8-17-6-3-11(10)18-12/h7,9,15H,3-6,8H2,1-2H3. The van der Waals surface area contributed by atoms with E-state index >= 15 is 0 Å². The van der Waals surface area contributed by atoms with Crippen molar-refractivity contribution in [1.29, 1.82) is 0 Å². The van der Waals surface area contributed by atoms with Gasteiger partial charge in [-0.15, -0.1) is 11.3 Å². The third-order valence-corrected chi connectivity index (χ3v) is 5.30. The van der Waals surface area contributed by atoms with E-state index in [1.807, 2.05) is 31.7 Å². The minimum absolute atomic E-state index is 0.0187. The van der Waals surface area contributed by atoms with Crippen molar-refractivity contribution in [2.24, 2.45) is 0 Å². The molecule has 18 heavy (non-hydrogen) atoms. The highest BCUT2D eigenvalue weighted by molar-refractivity contribution is 7.98. The van der Waals surface area contributed by atoms with Crippen molar-refractivity contribution in [1.82, 2.24) is 4.90 Å². The summed E-state index contributed by atoms with van der Waals surface area (Å²) >= 11 is 3.56. The third kappa shape index (κ3) is 2.90. The number of amides is 1. The molecule has 0 aromatic carbocycles. The van der Waals surface area contributed by atoms with Gasteiger partial charge in [0.05, 0.1) is 11.5 Å². The monoisotopic (exact) mass is 285 g/mol. The van der Waals surface area contributed by atoms with Crippen molar-refractivity contribution in [3.05, 3.63) is 21.4 Å². The number of carbonyl (C=O) groups is 1. The normalized spacial score (nSPS) is 14.7. The Hall–Kier alpha value is -0.520. The first-order valence-corrected chi connectivity index (χ1v) is 8.21. The van der Waals surface area contributed by atoms with Crippen LogP contribution in [0.15, 0.2) is 6.07 Å². The van der Waals surface area contributed by atoms with E-state index in [-0.39, 0.29) is 18.6 Å². The van der Waals surface area contributed by atoms with Crippen LogP contribution >= 0.6 is 23.1 Å². The molecule has 5 heteroatoms. The molecule has 1 N–H and O–H groups in total. The lowest BCUT2D eigenvalue weighted by Gasteiger charge is -2.25. The van der Waals surface area contributed by atoms with Gasteiger partial charge in [0, 0.05) is 23.2 Å². The molecule has 0 atom stereocenters. The highest BCUT2D eigenvalue weighted by Gasteiger charge is 2.22. The maximum absolute atomic E-state index is 12.4. The molecule has 1 aromatic rings. The summed E-state index contributed by atoms with van der Waals surface area (Å²) in [5.41, 5.74) is 1.33. The van der Waals surface area contributed by atoms with Gasteiger partial charge in [0.15, 0.2) is 0 Å². The molecule has 2 rings (SSSR count). The van der Waals surface area contributed by atoms with E-state index in [1.54, 1.807) is 16.2 Å². The van der Waals surface area contributed by atoms with Gasteiger partial charge in [-0.2, -0.15) is 11.8 Å². The minimum atomic E-state index is 0.0187. The number of nitrogens with zero attached hydrogens (tertiary/aromatic N) is 1. The summed E-state index contributed by atoms with van der Waals surface area (Å²) in [6.45, 7) is 4.40. The zero-order valence-electron chi connectivity index (χ0n) is 10.8. The number of aryl methyl sites for hydroxylation is 1. The molecule has 1 amide bonds. The Morgan fingerprint density at radius 2 is 2.33 bits per heavy atom. The molecule has 0 bridgehead atoms. The first kappa shape index (κ1) is 13.9. The lowest BCUT2D eigenvalue weighted by molar-refractivity contribution is 0.0670.